The summed E-state index contributed by atoms with van der Waals surface area (Å²) in [6, 6.07) is 0. The van der Waals surface area contributed by atoms with Crippen LogP contribution in [0.15, 0.2) is 0 Å². The van der Waals surface area contributed by atoms with Crippen molar-refractivity contribution in [2.75, 3.05) is 0 Å². The van der Waals surface area contributed by atoms with Crippen LogP contribution in [0.3, 0.4) is 0 Å². The predicted molar refractivity (Wildman–Crippen MR) is 47.9 cm³/mol. The molecular formula is C10H18O2. The van der Waals surface area contributed by atoms with Gasteiger partial charge >= 0.3 is 5.97 Å². The SMILES string of the molecule is CC(C)CC(C)(C(=O)O)C1CC1. The molecule has 0 aliphatic heterocycles. The summed E-state index contributed by atoms with van der Waals surface area (Å²) in [5.74, 6) is 0.308. The molecule has 2 heteroatoms. The second-order valence-electron chi connectivity index (χ2n) is 4.59. The van der Waals surface area contributed by atoms with Crippen LogP contribution in [0.1, 0.15) is 40.0 Å². The quantitative estimate of drug-likeness (QED) is 0.704. The number of hydrogen-bond acceptors (Lipinski definition) is 1. The number of rotatable bonds is 4. The zero-order chi connectivity index (χ0) is 9.35. The van der Waals surface area contributed by atoms with E-state index in [9.17, 15) is 4.79 Å². The maximum Gasteiger partial charge on any atom is 0.309 e. The smallest absolute Gasteiger partial charge is 0.309 e. The second kappa shape index (κ2) is 3.08. The Balaban J connectivity index is 2.64. The lowest BCUT2D eigenvalue weighted by molar-refractivity contribution is -0.150. The van der Waals surface area contributed by atoms with Crippen LogP contribution in [-0.4, -0.2) is 11.1 Å². The van der Waals surface area contributed by atoms with Gasteiger partial charge in [-0.1, -0.05) is 13.8 Å². The first-order chi connectivity index (χ1) is 5.47. The summed E-state index contributed by atoms with van der Waals surface area (Å²) in [7, 11) is 0. The lowest BCUT2D eigenvalue weighted by Gasteiger charge is -2.26. The normalized spacial score (nSPS) is 22.3. The molecule has 1 saturated carbocycles. The van der Waals surface area contributed by atoms with Gasteiger partial charge in [-0.25, -0.2) is 0 Å². The molecule has 0 radical (unpaired) electrons. The number of carboxylic acids is 1. The van der Waals surface area contributed by atoms with Crippen molar-refractivity contribution in [1.82, 2.24) is 0 Å². The van der Waals surface area contributed by atoms with Gasteiger partial charge < -0.3 is 5.11 Å². The van der Waals surface area contributed by atoms with Gasteiger partial charge in [-0.2, -0.15) is 0 Å². The number of hydrogen-bond donors (Lipinski definition) is 1. The van der Waals surface area contributed by atoms with Crippen molar-refractivity contribution in [3.63, 3.8) is 0 Å². The molecule has 0 spiro atoms. The van der Waals surface area contributed by atoms with E-state index in [1.54, 1.807) is 0 Å². The van der Waals surface area contributed by atoms with Crippen molar-refractivity contribution in [3.8, 4) is 0 Å². The fourth-order valence-electron chi connectivity index (χ4n) is 2.00. The van der Waals surface area contributed by atoms with E-state index in [4.69, 9.17) is 5.11 Å². The zero-order valence-corrected chi connectivity index (χ0v) is 8.13. The maximum atomic E-state index is 11.0. The maximum absolute atomic E-state index is 11.0. The largest absolute Gasteiger partial charge is 0.481 e. The molecule has 12 heavy (non-hydrogen) atoms. The van der Waals surface area contributed by atoms with Crippen LogP contribution in [0.2, 0.25) is 0 Å². The molecule has 0 aromatic rings. The van der Waals surface area contributed by atoms with E-state index in [2.05, 4.69) is 13.8 Å². The summed E-state index contributed by atoms with van der Waals surface area (Å²) in [5, 5.41) is 9.09. The van der Waals surface area contributed by atoms with Crippen molar-refractivity contribution >= 4 is 5.97 Å². The van der Waals surface area contributed by atoms with E-state index in [1.165, 1.54) is 0 Å². The molecule has 0 bridgehead atoms. The van der Waals surface area contributed by atoms with Gasteiger partial charge in [0.1, 0.15) is 0 Å². The molecule has 0 aromatic heterocycles. The lowest BCUT2D eigenvalue weighted by Crippen LogP contribution is -2.31. The van der Waals surface area contributed by atoms with E-state index in [0.29, 0.717) is 11.8 Å². The minimum Gasteiger partial charge on any atom is -0.481 e. The van der Waals surface area contributed by atoms with Gasteiger partial charge in [-0.05, 0) is 38.0 Å². The Morgan fingerprint density at radius 3 is 2.33 bits per heavy atom. The van der Waals surface area contributed by atoms with Gasteiger partial charge in [0.15, 0.2) is 0 Å². The van der Waals surface area contributed by atoms with Crippen molar-refractivity contribution in [3.05, 3.63) is 0 Å². The third-order valence-electron chi connectivity index (χ3n) is 2.80. The van der Waals surface area contributed by atoms with Crippen LogP contribution < -0.4 is 0 Å². The molecule has 0 aromatic carbocycles. The summed E-state index contributed by atoms with van der Waals surface area (Å²) in [6.07, 6.45) is 3.03. The highest BCUT2D eigenvalue weighted by Gasteiger charge is 2.47. The fourth-order valence-corrected chi connectivity index (χ4v) is 2.00. The molecule has 0 saturated heterocycles. The van der Waals surface area contributed by atoms with E-state index in [-0.39, 0.29) is 0 Å². The van der Waals surface area contributed by atoms with Crippen molar-refractivity contribution < 1.29 is 9.90 Å². The summed E-state index contributed by atoms with van der Waals surface area (Å²) in [5.41, 5.74) is -0.450. The topological polar surface area (TPSA) is 37.3 Å². The highest BCUT2D eigenvalue weighted by molar-refractivity contribution is 5.75. The molecule has 1 fully saturated rings. The summed E-state index contributed by atoms with van der Waals surface area (Å²) >= 11 is 0. The van der Waals surface area contributed by atoms with E-state index < -0.39 is 11.4 Å². The predicted octanol–water partition coefficient (Wildman–Crippen LogP) is 2.53. The molecule has 70 valence electrons. The van der Waals surface area contributed by atoms with Crippen LogP contribution >= 0.6 is 0 Å². The minimum atomic E-state index is -0.612. The Bertz CT molecular complexity index is 182. The van der Waals surface area contributed by atoms with Gasteiger partial charge in [0.25, 0.3) is 0 Å². The second-order valence-corrected chi connectivity index (χ2v) is 4.59. The number of aliphatic carboxylic acids is 1. The fraction of sp³-hybridized carbons (Fsp3) is 0.900. The number of carbonyl (C=O) groups is 1. The third-order valence-corrected chi connectivity index (χ3v) is 2.80. The van der Waals surface area contributed by atoms with Gasteiger partial charge in [0, 0.05) is 0 Å². The van der Waals surface area contributed by atoms with Crippen LogP contribution in [0.25, 0.3) is 0 Å². The molecule has 1 rings (SSSR count). The van der Waals surface area contributed by atoms with Crippen molar-refractivity contribution in [1.29, 1.82) is 0 Å². The monoisotopic (exact) mass is 170 g/mol. The van der Waals surface area contributed by atoms with Crippen LogP contribution in [-0.2, 0) is 4.79 Å². The number of carboxylic acid groups (broad SMARTS) is 1. The molecule has 2 nitrogen and oxygen atoms in total. The standard InChI is InChI=1S/C10H18O2/c1-7(2)6-10(3,9(11)12)8-4-5-8/h7-8H,4-6H2,1-3H3,(H,11,12). The van der Waals surface area contributed by atoms with Crippen LogP contribution in [0.5, 0.6) is 0 Å². The molecule has 1 N–H and O–H groups in total. The molecular weight excluding hydrogens is 152 g/mol. The summed E-state index contributed by atoms with van der Waals surface area (Å²) in [4.78, 5) is 11.0. The molecule has 1 aliphatic carbocycles. The minimum absolute atomic E-state index is 0.442. The van der Waals surface area contributed by atoms with Gasteiger partial charge in [0.2, 0.25) is 0 Å². The Hall–Kier alpha value is -0.530. The summed E-state index contributed by atoms with van der Waals surface area (Å²) in [6.45, 7) is 6.07. The van der Waals surface area contributed by atoms with Gasteiger partial charge in [-0.15, -0.1) is 0 Å². The van der Waals surface area contributed by atoms with Crippen molar-refractivity contribution in [2.24, 2.45) is 17.3 Å². The van der Waals surface area contributed by atoms with Crippen LogP contribution in [0, 0.1) is 17.3 Å². The Kier molecular flexibility index (Phi) is 2.45. The van der Waals surface area contributed by atoms with Gasteiger partial charge in [0.05, 0.1) is 5.41 Å². The molecule has 1 aliphatic rings. The average Bonchev–Trinajstić information content (AvgIpc) is 2.65. The van der Waals surface area contributed by atoms with Crippen LogP contribution in [0.4, 0.5) is 0 Å². The van der Waals surface area contributed by atoms with E-state index in [0.717, 1.165) is 19.3 Å². The first-order valence-electron chi connectivity index (χ1n) is 4.70. The first-order valence-corrected chi connectivity index (χ1v) is 4.70. The molecule has 1 unspecified atom stereocenters. The first kappa shape index (κ1) is 9.56. The van der Waals surface area contributed by atoms with Gasteiger partial charge in [-0.3, -0.25) is 4.79 Å². The zero-order valence-electron chi connectivity index (χ0n) is 8.13. The highest BCUT2D eigenvalue weighted by atomic mass is 16.4. The molecule has 0 amide bonds. The van der Waals surface area contributed by atoms with E-state index >= 15 is 0 Å². The lowest BCUT2D eigenvalue weighted by atomic mass is 9.78. The Morgan fingerprint density at radius 2 is 2.08 bits per heavy atom. The Labute approximate surface area is 74.0 Å². The third kappa shape index (κ3) is 1.79. The molecule has 0 heterocycles. The van der Waals surface area contributed by atoms with E-state index in [1.807, 2.05) is 6.92 Å². The van der Waals surface area contributed by atoms with Crippen molar-refractivity contribution in [2.45, 2.75) is 40.0 Å². The summed E-state index contributed by atoms with van der Waals surface area (Å²) < 4.78 is 0. The molecule has 1 atom stereocenters. The average molecular weight is 170 g/mol. The Morgan fingerprint density at radius 1 is 1.58 bits per heavy atom. The highest BCUT2D eigenvalue weighted by Crippen LogP contribution is 2.49.